The van der Waals surface area contributed by atoms with Gasteiger partial charge in [-0.3, -0.25) is 4.98 Å². The van der Waals surface area contributed by atoms with Gasteiger partial charge in [-0.25, -0.2) is 17.8 Å². The Morgan fingerprint density at radius 1 is 1.27 bits per heavy atom. The first-order valence-corrected chi connectivity index (χ1v) is 8.86. The van der Waals surface area contributed by atoms with Crippen molar-refractivity contribution in [3.8, 4) is 0 Å². The topological polar surface area (TPSA) is 64.8 Å². The van der Waals surface area contributed by atoms with Gasteiger partial charge in [0.15, 0.2) is 0 Å². The van der Waals surface area contributed by atoms with Crippen molar-refractivity contribution in [1.29, 1.82) is 0 Å². The predicted octanol–water partition coefficient (Wildman–Crippen LogP) is 2.81. The van der Waals surface area contributed by atoms with E-state index in [2.05, 4.69) is 9.97 Å². The third-order valence-electron chi connectivity index (χ3n) is 3.55. The third kappa shape index (κ3) is 3.52. The van der Waals surface area contributed by atoms with Gasteiger partial charge >= 0.3 is 0 Å². The molecule has 0 aliphatic heterocycles. The average molecular weight is 325 g/mol. The van der Waals surface area contributed by atoms with Crippen molar-refractivity contribution in [1.82, 2.24) is 14.5 Å². The fourth-order valence-electron chi connectivity index (χ4n) is 2.26. The summed E-state index contributed by atoms with van der Waals surface area (Å²) in [5.74, 6) is -0.853. The number of nitrogens with zero attached hydrogens (tertiary/aromatic N) is 3. The van der Waals surface area contributed by atoms with E-state index in [1.165, 1.54) is 12.3 Å². The number of pyridine rings is 1. The number of rotatable bonds is 6. The number of hydrogen-bond donors (Lipinski definition) is 0. The lowest BCUT2D eigenvalue weighted by Gasteiger charge is -2.10. The van der Waals surface area contributed by atoms with Crippen molar-refractivity contribution in [2.24, 2.45) is 0 Å². The van der Waals surface area contributed by atoms with E-state index in [1.54, 1.807) is 11.5 Å². The standard InChI is InChI=1S/C15H20FN3O2S/c1-4-5-6-19-12(3)11(2)18-15(19)22(20,21)10-13-7-14(16)9-17-8-13/h7-9H,4-6,10H2,1-3H3. The van der Waals surface area contributed by atoms with Crippen LogP contribution >= 0.6 is 0 Å². The van der Waals surface area contributed by atoms with Crippen molar-refractivity contribution < 1.29 is 12.8 Å². The maximum absolute atomic E-state index is 13.2. The molecule has 2 rings (SSSR count). The molecule has 7 heteroatoms. The van der Waals surface area contributed by atoms with Crippen LogP contribution < -0.4 is 0 Å². The Bertz CT molecular complexity index is 769. The van der Waals surface area contributed by atoms with Crippen LogP contribution in [0.1, 0.15) is 36.7 Å². The molecule has 0 amide bonds. The monoisotopic (exact) mass is 325 g/mol. The van der Waals surface area contributed by atoms with Gasteiger partial charge in [-0.15, -0.1) is 0 Å². The summed E-state index contributed by atoms with van der Waals surface area (Å²) < 4.78 is 40.2. The normalized spacial score (nSPS) is 11.8. The summed E-state index contributed by atoms with van der Waals surface area (Å²) in [4.78, 5) is 7.90. The van der Waals surface area contributed by atoms with Crippen LogP contribution in [-0.4, -0.2) is 23.0 Å². The lowest BCUT2D eigenvalue weighted by Crippen LogP contribution is -2.14. The quantitative estimate of drug-likeness (QED) is 0.819. The summed E-state index contributed by atoms with van der Waals surface area (Å²) >= 11 is 0. The Labute approximate surface area is 130 Å². The van der Waals surface area contributed by atoms with Crippen LogP contribution in [0.3, 0.4) is 0 Å². The van der Waals surface area contributed by atoms with E-state index in [4.69, 9.17) is 0 Å². The molecule has 120 valence electrons. The average Bonchev–Trinajstić information content (AvgIpc) is 2.73. The molecule has 0 aromatic carbocycles. The highest BCUT2D eigenvalue weighted by Crippen LogP contribution is 2.20. The third-order valence-corrected chi connectivity index (χ3v) is 5.14. The van der Waals surface area contributed by atoms with Crippen molar-refractivity contribution in [2.45, 2.75) is 51.1 Å². The second-order valence-corrected chi connectivity index (χ2v) is 7.22. The van der Waals surface area contributed by atoms with Gasteiger partial charge in [0.25, 0.3) is 0 Å². The minimum atomic E-state index is -3.65. The van der Waals surface area contributed by atoms with Crippen molar-refractivity contribution in [2.75, 3.05) is 0 Å². The van der Waals surface area contributed by atoms with Gasteiger partial charge in [0.05, 0.1) is 17.6 Å². The summed E-state index contributed by atoms with van der Waals surface area (Å²) in [6.07, 6.45) is 4.25. The zero-order valence-electron chi connectivity index (χ0n) is 13.0. The zero-order chi connectivity index (χ0) is 16.3. The van der Waals surface area contributed by atoms with Crippen molar-refractivity contribution in [3.63, 3.8) is 0 Å². The Kier molecular flexibility index (Phi) is 4.95. The van der Waals surface area contributed by atoms with Gasteiger partial charge in [0.1, 0.15) is 5.82 Å². The molecule has 2 aromatic rings. The fourth-order valence-corrected chi connectivity index (χ4v) is 3.83. The number of halogens is 1. The molecule has 0 fully saturated rings. The largest absolute Gasteiger partial charge is 0.319 e. The maximum Gasteiger partial charge on any atom is 0.228 e. The summed E-state index contributed by atoms with van der Waals surface area (Å²) in [6, 6.07) is 1.18. The second kappa shape index (κ2) is 6.56. The Morgan fingerprint density at radius 2 is 2.00 bits per heavy atom. The SMILES string of the molecule is CCCCn1c(S(=O)(=O)Cc2cncc(F)c2)nc(C)c1C. The first-order valence-electron chi connectivity index (χ1n) is 7.21. The second-order valence-electron chi connectivity index (χ2n) is 5.34. The van der Waals surface area contributed by atoms with Gasteiger partial charge in [-0.2, -0.15) is 0 Å². The van der Waals surface area contributed by atoms with Crippen LogP contribution in [0.15, 0.2) is 23.6 Å². The van der Waals surface area contributed by atoms with Crippen LogP contribution in [0.2, 0.25) is 0 Å². The van der Waals surface area contributed by atoms with Gasteiger partial charge < -0.3 is 4.57 Å². The minimum absolute atomic E-state index is 0.0558. The molecule has 0 aliphatic rings. The molecule has 0 unspecified atom stereocenters. The van der Waals surface area contributed by atoms with Gasteiger partial charge in [-0.05, 0) is 31.9 Å². The molecule has 22 heavy (non-hydrogen) atoms. The van der Waals surface area contributed by atoms with E-state index in [9.17, 15) is 12.8 Å². The molecule has 0 bridgehead atoms. The van der Waals surface area contributed by atoms with Gasteiger partial charge in [0, 0.05) is 18.4 Å². The molecule has 0 radical (unpaired) electrons. The first-order chi connectivity index (χ1) is 10.3. The number of aryl methyl sites for hydroxylation is 1. The Balaban J connectivity index is 2.39. The van der Waals surface area contributed by atoms with Crippen LogP contribution in [0.4, 0.5) is 4.39 Å². The molecular formula is C15H20FN3O2S. The highest BCUT2D eigenvalue weighted by atomic mass is 32.2. The number of hydrogen-bond acceptors (Lipinski definition) is 4. The fraction of sp³-hybridized carbons (Fsp3) is 0.467. The first kappa shape index (κ1) is 16.6. The molecule has 0 saturated heterocycles. The maximum atomic E-state index is 13.2. The van der Waals surface area contributed by atoms with Crippen molar-refractivity contribution >= 4 is 9.84 Å². The molecule has 0 spiro atoms. The van der Waals surface area contributed by atoms with E-state index in [0.29, 0.717) is 17.8 Å². The van der Waals surface area contributed by atoms with E-state index < -0.39 is 15.7 Å². The molecule has 0 N–H and O–H groups in total. The molecular weight excluding hydrogens is 305 g/mol. The molecule has 2 heterocycles. The summed E-state index contributed by atoms with van der Waals surface area (Å²) in [5.41, 5.74) is 1.87. The number of aromatic nitrogens is 3. The van der Waals surface area contributed by atoms with E-state index >= 15 is 0 Å². The van der Waals surface area contributed by atoms with Crippen LogP contribution in [0.25, 0.3) is 0 Å². The number of sulfone groups is 1. The summed E-state index contributed by atoms with van der Waals surface area (Å²) in [5, 5.41) is 0.0558. The highest BCUT2D eigenvalue weighted by Gasteiger charge is 2.24. The predicted molar refractivity (Wildman–Crippen MR) is 81.7 cm³/mol. The van der Waals surface area contributed by atoms with Crippen molar-refractivity contribution in [3.05, 3.63) is 41.2 Å². The van der Waals surface area contributed by atoms with Crippen LogP contribution in [0.5, 0.6) is 0 Å². The minimum Gasteiger partial charge on any atom is -0.319 e. The number of unbranched alkanes of at least 4 members (excludes halogenated alkanes) is 1. The van der Waals surface area contributed by atoms with Gasteiger partial charge in [0.2, 0.25) is 15.0 Å². The highest BCUT2D eigenvalue weighted by molar-refractivity contribution is 7.90. The molecule has 5 nitrogen and oxygen atoms in total. The van der Waals surface area contributed by atoms with Crippen LogP contribution in [-0.2, 0) is 22.1 Å². The van der Waals surface area contributed by atoms with Crippen LogP contribution in [0, 0.1) is 19.7 Å². The lowest BCUT2D eigenvalue weighted by molar-refractivity contribution is 0.538. The number of imidazole rings is 1. The summed E-state index contributed by atoms with van der Waals surface area (Å²) in [7, 11) is -3.65. The van der Waals surface area contributed by atoms with E-state index in [0.717, 1.165) is 24.7 Å². The Hall–Kier alpha value is -1.76. The van der Waals surface area contributed by atoms with E-state index in [-0.39, 0.29) is 10.9 Å². The molecule has 0 saturated carbocycles. The van der Waals surface area contributed by atoms with E-state index in [1.807, 2.05) is 13.8 Å². The summed E-state index contributed by atoms with van der Waals surface area (Å²) in [6.45, 7) is 6.31. The lowest BCUT2D eigenvalue weighted by atomic mass is 10.3. The zero-order valence-corrected chi connectivity index (χ0v) is 13.8. The molecule has 2 aromatic heterocycles. The Morgan fingerprint density at radius 3 is 2.64 bits per heavy atom. The molecule has 0 atom stereocenters. The smallest absolute Gasteiger partial charge is 0.228 e. The van der Waals surface area contributed by atoms with Gasteiger partial charge in [-0.1, -0.05) is 13.3 Å². The molecule has 0 aliphatic carbocycles.